The zero-order chi connectivity index (χ0) is 15.2. The first-order valence-corrected chi connectivity index (χ1v) is 7.97. The molecule has 1 aromatic heterocycles. The number of nitrogens with zero attached hydrogens (tertiary/aromatic N) is 1. The Balaban J connectivity index is 2.06. The third-order valence-corrected chi connectivity index (χ3v) is 4.37. The molecule has 21 heavy (non-hydrogen) atoms. The van der Waals surface area contributed by atoms with E-state index >= 15 is 0 Å². The van der Waals surface area contributed by atoms with Crippen LogP contribution in [-0.2, 0) is 0 Å². The fraction of sp³-hybridized carbons (Fsp3) is 0.600. The molecule has 1 fully saturated rings. The van der Waals surface area contributed by atoms with Crippen molar-refractivity contribution in [3.05, 3.63) is 22.8 Å². The maximum atomic E-state index is 12.4. The second kappa shape index (κ2) is 7.61. The van der Waals surface area contributed by atoms with Gasteiger partial charge in [0.2, 0.25) is 0 Å². The lowest BCUT2D eigenvalue weighted by Gasteiger charge is -2.30. The van der Waals surface area contributed by atoms with Crippen LogP contribution in [0.3, 0.4) is 0 Å². The molecule has 6 heteroatoms. The first kappa shape index (κ1) is 16.0. The number of hydrazine groups is 1. The average Bonchev–Trinajstić information content (AvgIpc) is 2.52. The van der Waals surface area contributed by atoms with Crippen LogP contribution in [0.15, 0.2) is 12.1 Å². The summed E-state index contributed by atoms with van der Waals surface area (Å²) in [5.41, 5.74) is 2.90. The van der Waals surface area contributed by atoms with E-state index in [2.05, 4.69) is 22.7 Å². The number of nitrogen functional groups attached to an aromatic ring is 1. The minimum absolute atomic E-state index is 0.117. The summed E-state index contributed by atoms with van der Waals surface area (Å²) in [6.45, 7) is 2.12. The molecule has 1 unspecified atom stereocenters. The second-order valence-corrected chi connectivity index (χ2v) is 5.98. The Morgan fingerprint density at radius 3 is 2.76 bits per heavy atom. The number of halogens is 1. The number of hydrogen-bond donors (Lipinski definition) is 3. The molecule has 0 saturated heterocycles. The summed E-state index contributed by atoms with van der Waals surface area (Å²) in [6.07, 6.45) is 7.18. The van der Waals surface area contributed by atoms with Crippen LogP contribution in [0.4, 0.5) is 5.82 Å². The molecule has 2 rings (SSSR count). The minimum atomic E-state index is -0.117. The van der Waals surface area contributed by atoms with Crippen LogP contribution in [0.5, 0.6) is 0 Å². The van der Waals surface area contributed by atoms with Crippen LogP contribution in [-0.4, -0.2) is 16.9 Å². The van der Waals surface area contributed by atoms with Gasteiger partial charge in [0, 0.05) is 11.6 Å². The van der Waals surface area contributed by atoms with E-state index in [1.165, 1.54) is 32.1 Å². The van der Waals surface area contributed by atoms with Gasteiger partial charge in [-0.25, -0.2) is 10.8 Å². The van der Waals surface area contributed by atoms with E-state index in [1.54, 1.807) is 12.1 Å². The molecule has 1 aliphatic rings. The molecule has 1 saturated carbocycles. The van der Waals surface area contributed by atoms with Crippen LogP contribution < -0.4 is 16.6 Å². The maximum absolute atomic E-state index is 12.4. The Bertz CT molecular complexity index is 489. The highest BCUT2D eigenvalue weighted by Gasteiger charge is 2.24. The van der Waals surface area contributed by atoms with E-state index in [0.717, 1.165) is 6.42 Å². The van der Waals surface area contributed by atoms with Gasteiger partial charge in [0.05, 0.1) is 0 Å². The molecule has 0 aliphatic heterocycles. The van der Waals surface area contributed by atoms with Crippen molar-refractivity contribution in [1.82, 2.24) is 10.3 Å². The molecule has 0 spiro atoms. The summed E-state index contributed by atoms with van der Waals surface area (Å²) in [4.78, 5) is 16.4. The van der Waals surface area contributed by atoms with E-state index in [9.17, 15) is 4.79 Å². The van der Waals surface area contributed by atoms with E-state index in [-0.39, 0.29) is 17.1 Å². The van der Waals surface area contributed by atoms with Crippen molar-refractivity contribution in [3.63, 3.8) is 0 Å². The van der Waals surface area contributed by atoms with E-state index in [1.807, 2.05) is 0 Å². The highest BCUT2D eigenvalue weighted by atomic mass is 35.5. The monoisotopic (exact) mass is 310 g/mol. The fourth-order valence-corrected chi connectivity index (χ4v) is 3.25. The third-order valence-electron chi connectivity index (χ3n) is 4.18. The molecule has 0 radical (unpaired) electrons. The van der Waals surface area contributed by atoms with Crippen molar-refractivity contribution in [2.24, 2.45) is 11.8 Å². The molecule has 0 bridgehead atoms. The third kappa shape index (κ3) is 4.32. The molecule has 116 valence electrons. The summed E-state index contributed by atoms with van der Waals surface area (Å²) in [5.74, 6) is 6.18. The van der Waals surface area contributed by atoms with E-state index < -0.39 is 0 Å². The average molecular weight is 311 g/mol. The van der Waals surface area contributed by atoms with Gasteiger partial charge in [0.1, 0.15) is 11.0 Å². The summed E-state index contributed by atoms with van der Waals surface area (Å²) < 4.78 is 0. The molecular formula is C15H23ClN4O. The minimum Gasteiger partial charge on any atom is -0.349 e. The molecule has 1 atom stereocenters. The predicted molar refractivity (Wildman–Crippen MR) is 85.2 cm³/mol. The van der Waals surface area contributed by atoms with Gasteiger partial charge in [-0.15, -0.1) is 0 Å². The van der Waals surface area contributed by atoms with Crippen LogP contribution in [0.2, 0.25) is 5.15 Å². The number of carbonyl (C=O) groups excluding carboxylic acids is 1. The van der Waals surface area contributed by atoms with Crippen molar-refractivity contribution in [1.29, 1.82) is 0 Å². The van der Waals surface area contributed by atoms with E-state index in [0.29, 0.717) is 17.3 Å². The number of carbonyl (C=O) groups is 1. The quantitative estimate of drug-likeness (QED) is 0.443. The van der Waals surface area contributed by atoms with Crippen molar-refractivity contribution in [3.8, 4) is 0 Å². The first-order valence-electron chi connectivity index (χ1n) is 7.59. The van der Waals surface area contributed by atoms with Crippen molar-refractivity contribution in [2.45, 2.75) is 51.5 Å². The van der Waals surface area contributed by atoms with Crippen molar-refractivity contribution >= 4 is 23.3 Å². The summed E-state index contributed by atoms with van der Waals surface area (Å²) in [6, 6.07) is 3.39. The maximum Gasteiger partial charge on any atom is 0.251 e. The molecule has 1 aromatic rings. The van der Waals surface area contributed by atoms with Gasteiger partial charge in [-0.05, 0) is 37.3 Å². The lowest BCUT2D eigenvalue weighted by atomic mass is 9.83. The fourth-order valence-electron chi connectivity index (χ4n) is 3.04. The van der Waals surface area contributed by atoms with Gasteiger partial charge >= 0.3 is 0 Å². The van der Waals surface area contributed by atoms with Gasteiger partial charge in [-0.1, -0.05) is 37.8 Å². The number of aromatic nitrogens is 1. The molecule has 1 aliphatic carbocycles. The van der Waals surface area contributed by atoms with Crippen molar-refractivity contribution in [2.75, 3.05) is 5.43 Å². The lowest BCUT2D eigenvalue weighted by Crippen LogP contribution is -2.40. The molecule has 4 N–H and O–H groups in total. The van der Waals surface area contributed by atoms with Crippen LogP contribution in [0.1, 0.15) is 55.8 Å². The Kier molecular flexibility index (Phi) is 5.82. The van der Waals surface area contributed by atoms with Gasteiger partial charge < -0.3 is 10.7 Å². The Labute approximate surface area is 130 Å². The van der Waals surface area contributed by atoms with Crippen LogP contribution in [0, 0.1) is 5.92 Å². The van der Waals surface area contributed by atoms with Crippen LogP contribution in [0.25, 0.3) is 0 Å². The Morgan fingerprint density at radius 2 is 2.14 bits per heavy atom. The smallest absolute Gasteiger partial charge is 0.251 e. The zero-order valence-electron chi connectivity index (χ0n) is 12.4. The largest absolute Gasteiger partial charge is 0.349 e. The first-order chi connectivity index (χ1) is 10.1. The Hall–Kier alpha value is -1.33. The van der Waals surface area contributed by atoms with Crippen LogP contribution >= 0.6 is 11.6 Å². The van der Waals surface area contributed by atoms with Gasteiger partial charge in [0.15, 0.2) is 0 Å². The van der Waals surface area contributed by atoms with Gasteiger partial charge in [-0.2, -0.15) is 0 Å². The van der Waals surface area contributed by atoms with Gasteiger partial charge in [0.25, 0.3) is 5.91 Å². The second-order valence-electron chi connectivity index (χ2n) is 5.59. The summed E-state index contributed by atoms with van der Waals surface area (Å²) in [5, 5.41) is 3.39. The highest BCUT2D eigenvalue weighted by Crippen LogP contribution is 2.28. The number of pyridine rings is 1. The normalized spacial score (nSPS) is 17.3. The number of nitrogens with one attached hydrogen (secondary N) is 2. The summed E-state index contributed by atoms with van der Waals surface area (Å²) in [7, 11) is 0. The standard InChI is InChI=1S/C15H23ClN4O/c1-2-12(10-6-4-3-5-7-10)18-15(21)11-8-13(16)19-14(9-11)20-17/h8-10,12H,2-7,17H2,1H3,(H,18,21)(H,19,20). The molecule has 1 amide bonds. The number of amides is 1. The predicted octanol–water partition coefficient (Wildman–Crippen LogP) is 3.11. The molecule has 1 heterocycles. The molecule has 0 aromatic carbocycles. The molecule has 5 nitrogen and oxygen atoms in total. The SMILES string of the molecule is CCC(NC(=O)c1cc(Cl)nc(NN)c1)C1CCCCC1. The number of anilines is 1. The highest BCUT2D eigenvalue weighted by molar-refractivity contribution is 6.29. The number of hydrogen-bond acceptors (Lipinski definition) is 4. The topological polar surface area (TPSA) is 80.0 Å². The van der Waals surface area contributed by atoms with E-state index in [4.69, 9.17) is 17.4 Å². The number of rotatable bonds is 5. The molecular weight excluding hydrogens is 288 g/mol. The number of nitrogens with two attached hydrogens (primary N) is 1. The lowest BCUT2D eigenvalue weighted by molar-refractivity contribution is 0.0911. The van der Waals surface area contributed by atoms with Gasteiger partial charge in [-0.3, -0.25) is 4.79 Å². The summed E-state index contributed by atoms with van der Waals surface area (Å²) >= 11 is 5.91. The zero-order valence-corrected chi connectivity index (χ0v) is 13.1. The van der Waals surface area contributed by atoms with Crippen molar-refractivity contribution < 1.29 is 4.79 Å². The Morgan fingerprint density at radius 1 is 1.43 bits per heavy atom.